The van der Waals surface area contributed by atoms with Crippen LogP contribution in [-0.4, -0.2) is 17.9 Å². The SMILES string of the molecule is O=C1C2=C(OC(F)C2)C(=O)c2ccccc21. The molecule has 2 aliphatic rings. The van der Waals surface area contributed by atoms with Crippen molar-refractivity contribution in [3.8, 4) is 0 Å². The molecular weight excluding hydrogens is 211 g/mol. The van der Waals surface area contributed by atoms with Crippen molar-refractivity contribution in [1.29, 1.82) is 0 Å². The van der Waals surface area contributed by atoms with E-state index in [1.54, 1.807) is 24.3 Å². The number of carbonyl (C=O) groups excluding carboxylic acids is 2. The number of hydrogen-bond acceptors (Lipinski definition) is 3. The summed E-state index contributed by atoms with van der Waals surface area (Å²) in [7, 11) is 0. The van der Waals surface area contributed by atoms with Gasteiger partial charge in [-0.3, -0.25) is 9.59 Å². The molecule has 1 aliphatic heterocycles. The third-order valence-corrected chi connectivity index (χ3v) is 2.78. The summed E-state index contributed by atoms with van der Waals surface area (Å²) in [4.78, 5) is 23.8. The van der Waals surface area contributed by atoms with Crippen molar-refractivity contribution < 1.29 is 18.7 Å². The minimum absolute atomic E-state index is 0.115. The van der Waals surface area contributed by atoms with Crippen molar-refractivity contribution in [2.75, 3.05) is 0 Å². The molecule has 0 N–H and O–H groups in total. The molecule has 80 valence electrons. The average molecular weight is 218 g/mol. The number of carbonyl (C=O) groups is 2. The van der Waals surface area contributed by atoms with E-state index >= 15 is 0 Å². The highest BCUT2D eigenvalue weighted by Crippen LogP contribution is 2.35. The smallest absolute Gasteiger partial charge is 0.243 e. The first-order valence-electron chi connectivity index (χ1n) is 4.91. The molecule has 0 spiro atoms. The van der Waals surface area contributed by atoms with Gasteiger partial charge in [-0.1, -0.05) is 24.3 Å². The van der Waals surface area contributed by atoms with Crippen LogP contribution in [0.4, 0.5) is 4.39 Å². The Balaban J connectivity index is 2.20. The van der Waals surface area contributed by atoms with Gasteiger partial charge in [-0.2, -0.15) is 0 Å². The predicted octanol–water partition coefficient (Wildman–Crippen LogP) is 2.04. The number of benzene rings is 1. The lowest BCUT2D eigenvalue weighted by Crippen LogP contribution is -2.19. The molecule has 3 rings (SSSR count). The molecule has 3 nitrogen and oxygen atoms in total. The van der Waals surface area contributed by atoms with E-state index in [2.05, 4.69) is 0 Å². The van der Waals surface area contributed by atoms with Crippen LogP contribution in [0.25, 0.3) is 0 Å². The van der Waals surface area contributed by atoms with Crippen LogP contribution in [0.15, 0.2) is 35.6 Å². The monoisotopic (exact) mass is 218 g/mol. The summed E-state index contributed by atoms with van der Waals surface area (Å²) in [5.41, 5.74) is 0.792. The van der Waals surface area contributed by atoms with Gasteiger partial charge in [-0.15, -0.1) is 0 Å². The molecule has 1 heterocycles. The maximum absolute atomic E-state index is 13.0. The molecule has 0 saturated carbocycles. The first-order chi connectivity index (χ1) is 7.68. The summed E-state index contributed by atoms with van der Waals surface area (Å²) in [5, 5.41) is 0. The van der Waals surface area contributed by atoms with Gasteiger partial charge in [-0.25, -0.2) is 4.39 Å². The molecule has 0 aromatic heterocycles. The zero-order chi connectivity index (χ0) is 11.3. The lowest BCUT2D eigenvalue weighted by atomic mass is 9.88. The largest absolute Gasteiger partial charge is 0.455 e. The van der Waals surface area contributed by atoms with Crippen LogP contribution in [0, 0.1) is 0 Å². The van der Waals surface area contributed by atoms with Gasteiger partial charge >= 0.3 is 0 Å². The van der Waals surface area contributed by atoms with Crippen LogP contribution in [-0.2, 0) is 4.74 Å². The van der Waals surface area contributed by atoms with Crippen molar-refractivity contribution in [3.63, 3.8) is 0 Å². The van der Waals surface area contributed by atoms with E-state index in [1.807, 2.05) is 0 Å². The lowest BCUT2D eigenvalue weighted by molar-refractivity contribution is 0.0263. The van der Waals surface area contributed by atoms with E-state index in [9.17, 15) is 14.0 Å². The molecule has 1 aliphatic carbocycles. The molecule has 0 fully saturated rings. The molecule has 0 bridgehead atoms. The van der Waals surface area contributed by atoms with Gasteiger partial charge in [0.25, 0.3) is 0 Å². The third kappa shape index (κ3) is 1.07. The Hall–Kier alpha value is -1.97. The Bertz CT molecular complexity index is 498. The second-order valence-corrected chi connectivity index (χ2v) is 3.74. The quantitative estimate of drug-likeness (QED) is 0.669. The number of rotatable bonds is 0. The molecule has 1 unspecified atom stereocenters. The Morgan fingerprint density at radius 3 is 2.44 bits per heavy atom. The molecule has 4 heteroatoms. The highest BCUT2D eigenvalue weighted by Gasteiger charge is 2.40. The first kappa shape index (κ1) is 9.27. The van der Waals surface area contributed by atoms with Crippen LogP contribution in [0.2, 0.25) is 0 Å². The number of alkyl halides is 1. The Morgan fingerprint density at radius 1 is 1.12 bits per heavy atom. The van der Waals surface area contributed by atoms with E-state index in [0.717, 1.165) is 0 Å². The topological polar surface area (TPSA) is 43.4 Å². The van der Waals surface area contributed by atoms with Gasteiger partial charge in [0.05, 0.1) is 5.57 Å². The van der Waals surface area contributed by atoms with Gasteiger partial charge in [0.2, 0.25) is 12.1 Å². The van der Waals surface area contributed by atoms with E-state index in [-0.39, 0.29) is 23.5 Å². The first-order valence-corrected chi connectivity index (χ1v) is 4.91. The maximum atomic E-state index is 13.0. The summed E-state index contributed by atoms with van der Waals surface area (Å²) < 4.78 is 17.8. The number of fused-ring (bicyclic) bond motifs is 1. The van der Waals surface area contributed by atoms with E-state index < -0.39 is 12.1 Å². The standard InChI is InChI=1S/C12H7FO3/c13-9-5-8-10(14)6-3-1-2-4-7(6)11(15)12(8)16-9/h1-4,9H,5H2. The molecule has 1 aromatic carbocycles. The highest BCUT2D eigenvalue weighted by atomic mass is 19.1. The van der Waals surface area contributed by atoms with E-state index in [0.29, 0.717) is 11.1 Å². The van der Waals surface area contributed by atoms with Crippen molar-refractivity contribution in [2.24, 2.45) is 0 Å². The minimum atomic E-state index is -1.58. The van der Waals surface area contributed by atoms with Crippen LogP contribution in [0.3, 0.4) is 0 Å². The van der Waals surface area contributed by atoms with Gasteiger partial charge in [-0.05, 0) is 0 Å². The van der Waals surface area contributed by atoms with Crippen molar-refractivity contribution in [3.05, 3.63) is 46.7 Å². The number of allylic oxidation sites excluding steroid dienone is 1. The Morgan fingerprint density at radius 2 is 1.75 bits per heavy atom. The number of halogens is 1. The molecular formula is C12H7FO3. The minimum Gasteiger partial charge on any atom is -0.455 e. The van der Waals surface area contributed by atoms with Crippen LogP contribution < -0.4 is 0 Å². The number of hydrogen-bond donors (Lipinski definition) is 0. The predicted molar refractivity (Wildman–Crippen MR) is 52.7 cm³/mol. The zero-order valence-corrected chi connectivity index (χ0v) is 8.20. The summed E-state index contributed by atoms with van der Waals surface area (Å²) in [5.74, 6) is -0.813. The van der Waals surface area contributed by atoms with Crippen LogP contribution in [0.1, 0.15) is 27.1 Å². The summed E-state index contributed by atoms with van der Waals surface area (Å²) in [6, 6.07) is 6.47. The molecule has 0 saturated heterocycles. The van der Waals surface area contributed by atoms with Gasteiger partial charge in [0.15, 0.2) is 11.5 Å². The molecule has 1 atom stereocenters. The fourth-order valence-corrected chi connectivity index (χ4v) is 2.04. The summed E-state index contributed by atoms with van der Waals surface area (Å²) in [6.45, 7) is 0. The van der Waals surface area contributed by atoms with E-state index in [1.165, 1.54) is 0 Å². The number of ether oxygens (including phenoxy) is 1. The van der Waals surface area contributed by atoms with Gasteiger partial charge in [0, 0.05) is 17.5 Å². The number of Topliss-reactive ketones (excluding diaryl/α,β-unsaturated/α-hetero) is 2. The third-order valence-electron chi connectivity index (χ3n) is 2.78. The molecule has 1 aromatic rings. The van der Waals surface area contributed by atoms with Crippen LogP contribution in [0.5, 0.6) is 0 Å². The van der Waals surface area contributed by atoms with Gasteiger partial charge < -0.3 is 4.74 Å². The second kappa shape index (κ2) is 3.01. The molecule has 0 amide bonds. The second-order valence-electron chi connectivity index (χ2n) is 3.74. The molecule has 16 heavy (non-hydrogen) atoms. The highest BCUT2D eigenvalue weighted by molar-refractivity contribution is 6.26. The van der Waals surface area contributed by atoms with Gasteiger partial charge in [0.1, 0.15) is 0 Å². The lowest BCUT2D eigenvalue weighted by Gasteiger charge is -2.14. The fourth-order valence-electron chi connectivity index (χ4n) is 2.04. The summed E-state index contributed by atoms with van der Waals surface area (Å²) >= 11 is 0. The van der Waals surface area contributed by atoms with Crippen molar-refractivity contribution >= 4 is 11.6 Å². The summed E-state index contributed by atoms with van der Waals surface area (Å²) in [6.07, 6.45) is -1.71. The van der Waals surface area contributed by atoms with Crippen molar-refractivity contribution in [2.45, 2.75) is 12.8 Å². The Kier molecular flexibility index (Phi) is 1.74. The van der Waals surface area contributed by atoms with Crippen molar-refractivity contribution in [1.82, 2.24) is 0 Å². The average Bonchev–Trinajstić information content (AvgIpc) is 2.68. The molecule has 0 radical (unpaired) electrons. The number of ketones is 2. The zero-order valence-electron chi connectivity index (χ0n) is 8.20. The van der Waals surface area contributed by atoms with E-state index in [4.69, 9.17) is 4.74 Å². The maximum Gasteiger partial charge on any atom is 0.243 e. The Labute approximate surface area is 90.5 Å². The normalized spacial score (nSPS) is 22.9. The fraction of sp³-hybridized carbons (Fsp3) is 0.167. The van der Waals surface area contributed by atoms with Crippen LogP contribution >= 0.6 is 0 Å².